The second kappa shape index (κ2) is 10.9. The molecule has 9 heteroatoms. The van der Waals surface area contributed by atoms with Gasteiger partial charge in [-0.25, -0.2) is 12.7 Å². The minimum atomic E-state index is -3.61. The normalized spacial score (nSPS) is 17.2. The lowest BCUT2D eigenvalue weighted by atomic mass is 9.99. The lowest BCUT2D eigenvalue weighted by Crippen LogP contribution is -2.46. The van der Waals surface area contributed by atoms with Crippen LogP contribution in [0.3, 0.4) is 0 Å². The molecule has 1 N–H and O–H groups in total. The molecule has 1 fully saturated rings. The van der Waals surface area contributed by atoms with Gasteiger partial charge in [0, 0.05) is 23.1 Å². The molecule has 174 valence electrons. The third-order valence-electron chi connectivity index (χ3n) is 5.72. The number of nitrogens with one attached hydrogen (secondary N) is 1. The monoisotopic (exact) mass is 498 g/mol. The molecule has 1 aliphatic heterocycles. The summed E-state index contributed by atoms with van der Waals surface area (Å²) in [5.41, 5.74) is 2.72. The predicted molar refractivity (Wildman–Crippen MR) is 128 cm³/mol. The highest BCUT2D eigenvalue weighted by Crippen LogP contribution is 2.26. The number of piperidine rings is 1. The number of hydrogen-bond donors (Lipinski definition) is 1. The molecule has 0 unspecified atom stereocenters. The molecule has 1 atom stereocenters. The van der Waals surface area contributed by atoms with Crippen molar-refractivity contribution in [1.29, 1.82) is 0 Å². The average Bonchev–Trinajstić information content (AvgIpc) is 2.76. The van der Waals surface area contributed by atoms with Crippen LogP contribution < -0.4 is 10.1 Å². The summed E-state index contributed by atoms with van der Waals surface area (Å²) in [6.07, 6.45) is 1.28. The Bertz CT molecular complexity index is 1080. The number of hydrogen-bond acceptors (Lipinski definition) is 4. The van der Waals surface area contributed by atoms with Crippen molar-refractivity contribution in [3.63, 3.8) is 0 Å². The summed E-state index contributed by atoms with van der Waals surface area (Å²) in [5, 5.41) is 3.64. The molecule has 1 saturated heterocycles. The van der Waals surface area contributed by atoms with Crippen molar-refractivity contribution in [1.82, 2.24) is 9.62 Å². The maximum atomic E-state index is 12.9. The highest BCUT2D eigenvalue weighted by Gasteiger charge is 2.32. The van der Waals surface area contributed by atoms with E-state index in [2.05, 4.69) is 5.32 Å². The Balaban J connectivity index is 1.52. The van der Waals surface area contributed by atoms with Gasteiger partial charge in [-0.15, -0.1) is 0 Å². The zero-order valence-corrected chi connectivity index (χ0v) is 20.6. The van der Waals surface area contributed by atoms with Crippen molar-refractivity contribution in [2.45, 2.75) is 32.4 Å². The van der Waals surface area contributed by atoms with Crippen molar-refractivity contribution in [2.75, 3.05) is 26.2 Å². The maximum absolute atomic E-state index is 12.9. The van der Waals surface area contributed by atoms with E-state index in [4.69, 9.17) is 27.9 Å². The van der Waals surface area contributed by atoms with Crippen LogP contribution in [-0.4, -0.2) is 44.9 Å². The van der Waals surface area contributed by atoms with Gasteiger partial charge < -0.3 is 10.1 Å². The van der Waals surface area contributed by atoms with E-state index in [0.717, 1.165) is 16.9 Å². The molecule has 6 nitrogen and oxygen atoms in total. The molecular formula is C23H28Cl2N2O4S. The largest absolute Gasteiger partial charge is 0.491 e. The molecule has 3 rings (SSSR count). The molecule has 0 spiro atoms. The van der Waals surface area contributed by atoms with Gasteiger partial charge in [-0.3, -0.25) is 4.79 Å². The fourth-order valence-corrected chi connectivity index (χ4v) is 5.89. The number of carbonyl (C=O) groups is 1. The first-order chi connectivity index (χ1) is 15.2. The Morgan fingerprint density at radius 2 is 2.00 bits per heavy atom. The van der Waals surface area contributed by atoms with Crippen molar-refractivity contribution in [3.05, 3.63) is 63.1 Å². The predicted octanol–water partition coefficient (Wildman–Crippen LogP) is 4.35. The van der Waals surface area contributed by atoms with Crippen LogP contribution in [0, 0.1) is 19.8 Å². The summed E-state index contributed by atoms with van der Waals surface area (Å²) >= 11 is 12.0. The SMILES string of the molecule is Cc1cccc(OCCNC(=O)[C@H]2CCCN(S(=O)(=O)Cc3ccc(Cl)cc3Cl)C2)c1C. The van der Waals surface area contributed by atoms with E-state index in [1.54, 1.807) is 12.1 Å². The summed E-state index contributed by atoms with van der Waals surface area (Å²) in [4.78, 5) is 12.6. The highest BCUT2D eigenvalue weighted by atomic mass is 35.5. The third kappa shape index (κ3) is 6.38. The molecule has 2 aromatic rings. The standard InChI is InChI=1S/C23H28Cl2N2O4S/c1-16-5-3-7-22(17(16)2)31-12-10-26-23(28)18-6-4-11-27(14-18)32(29,30)15-19-8-9-20(24)13-21(19)25/h3,5,7-9,13,18H,4,6,10-12,14-15H2,1-2H3,(H,26,28)/t18-/m0/s1. The van der Waals surface area contributed by atoms with E-state index in [0.29, 0.717) is 48.1 Å². The van der Waals surface area contributed by atoms with Crippen LogP contribution in [0.25, 0.3) is 0 Å². The number of benzene rings is 2. The second-order valence-electron chi connectivity index (χ2n) is 8.03. The van der Waals surface area contributed by atoms with Gasteiger partial charge in [0.2, 0.25) is 15.9 Å². The van der Waals surface area contributed by atoms with E-state index in [1.807, 2.05) is 32.0 Å². The molecular weight excluding hydrogens is 471 g/mol. The van der Waals surface area contributed by atoms with Crippen LogP contribution >= 0.6 is 23.2 Å². The highest BCUT2D eigenvalue weighted by molar-refractivity contribution is 7.88. The quantitative estimate of drug-likeness (QED) is 0.549. The zero-order chi connectivity index (χ0) is 23.3. The lowest BCUT2D eigenvalue weighted by Gasteiger charge is -2.31. The van der Waals surface area contributed by atoms with Gasteiger partial charge in [-0.05, 0) is 61.6 Å². The number of aryl methyl sites for hydroxylation is 1. The van der Waals surface area contributed by atoms with E-state index in [9.17, 15) is 13.2 Å². The molecule has 1 heterocycles. The minimum absolute atomic E-state index is 0.154. The van der Waals surface area contributed by atoms with E-state index >= 15 is 0 Å². The molecule has 2 aromatic carbocycles. The molecule has 32 heavy (non-hydrogen) atoms. The average molecular weight is 499 g/mol. The number of rotatable bonds is 8. The molecule has 1 aliphatic rings. The van der Waals surface area contributed by atoms with E-state index in [-0.39, 0.29) is 24.1 Å². The summed E-state index contributed by atoms with van der Waals surface area (Å²) in [6.45, 7) is 5.28. The number of carbonyl (C=O) groups excluding carboxylic acids is 1. The molecule has 0 radical (unpaired) electrons. The Kier molecular flexibility index (Phi) is 8.44. The van der Waals surface area contributed by atoms with Crippen LogP contribution in [0.15, 0.2) is 36.4 Å². The number of sulfonamides is 1. The fraction of sp³-hybridized carbons (Fsp3) is 0.435. The molecule has 0 aliphatic carbocycles. The maximum Gasteiger partial charge on any atom is 0.224 e. The molecule has 0 bridgehead atoms. The van der Waals surface area contributed by atoms with Gasteiger partial charge in [0.05, 0.1) is 18.2 Å². The molecule has 0 saturated carbocycles. The minimum Gasteiger partial charge on any atom is -0.491 e. The van der Waals surface area contributed by atoms with Crippen LogP contribution in [0.5, 0.6) is 5.75 Å². The van der Waals surface area contributed by atoms with Gasteiger partial charge in [0.15, 0.2) is 0 Å². The van der Waals surface area contributed by atoms with E-state index < -0.39 is 10.0 Å². The zero-order valence-electron chi connectivity index (χ0n) is 18.2. The summed E-state index contributed by atoms with van der Waals surface area (Å²) in [6, 6.07) is 10.6. The first kappa shape index (κ1) is 24.8. The van der Waals surface area contributed by atoms with Gasteiger partial charge in [0.1, 0.15) is 12.4 Å². The number of amides is 1. The van der Waals surface area contributed by atoms with Crippen molar-refractivity contribution < 1.29 is 17.9 Å². The summed E-state index contributed by atoms with van der Waals surface area (Å²) in [7, 11) is -3.61. The Morgan fingerprint density at radius 1 is 1.22 bits per heavy atom. The third-order valence-corrected chi connectivity index (χ3v) is 8.10. The van der Waals surface area contributed by atoms with Gasteiger partial charge in [-0.2, -0.15) is 0 Å². The van der Waals surface area contributed by atoms with Crippen LogP contribution in [-0.2, 0) is 20.6 Å². The van der Waals surface area contributed by atoms with Crippen molar-refractivity contribution in [2.24, 2.45) is 5.92 Å². The summed E-state index contributed by atoms with van der Waals surface area (Å²) in [5.74, 6) is 0.0371. The number of ether oxygens (including phenoxy) is 1. The van der Waals surface area contributed by atoms with Crippen molar-refractivity contribution in [3.8, 4) is 5.75 Å². The van der Waals surface area contributed by atoms with Crippen LogP contribution in [0.4, 0.5) is 0 Å². The Labute approximate surface area is 199 Å². The smallest absolute Gasteiger partial charge is 0.224 e. The second-order valence-corrected chi connectivity index (χ2v) is 10.8. The molecule has 1 amide bonds. The lowest BCUT2D eigenvalue weighted by molar-refractivity contribution is -0.126. The first-order valence-corrected chi connectivity index (χ1v) is 12.9. The van der Waals surface area contributed by atoms with Gasteiger partial charge in [-0.1, -0.05) is 41.4 Å². The van der Waals surface area contributed by atoms with Crippen molar-refractivity contribution >= 4 is 39.1 Å². The fourth-order valence-electron chi connectivity index (χ4n) is 3.70. The summed E-state index contributed by atoms with van der Waals surface area (Å²) < 4.78 is 33.0. The van der Waals surface area contributed by atoms with Crippen LogP contribution in [0.2, 0.25) is 10.0 Å². The van der Waals surface area contributed by atoms with Gasteiger partial charge in [0.25, 0.3) is 0 Å². The Hall–Kier alpha value is -1.80. The van der Waals surface area contributed by atoms with Crippen LogP contribution in [0.1, 0.15) is 29.5 Å². The topological polar surface area (TPSA) is 75.7 Å². The van der Waals surface area contributed by atoms with Gasteiger partial charge >= 0.3 is 0 Å². The number of halogens is 2. The van der Waals surface area contributed by atoms with E-state index in [1.165, 1.54) is 10.4 Å². The first-order valence-electron chi connectivity index (χ1n) is 10.6. The number of nitrogens with zero attached hydrogens (tertiary/aromatic N) is 1. The molecule has 0 aromatic heterocycles. The Morgan fingerprint density at radius 3 is 2.75 bits per heavy atom.